The van der Waals surface area contributed by atoms with Gasteiger partial charge in [-0.05, 0) is 20.3 Å². The van der Waals surface area contributed by atoms with Crippen molar-refractivity contribution in [1.82, 2.24) is 10.2 Å². The summed E-state index contributed by atoms with van der Waals surface area (Å²) in [5.41, 5.74) is -1.98. The van der Waals surface area contributed by atoms with Gasteiger partial charge in [-0.15, -0.1) is 0 Å². The number of nitrogens with one attached hydrogen (secondary N) is 1. The minimum absolute atomic E-state index is 0.0172. The number of aliphatic hydroxyl groups excluding tert-OH is 1. The smallest absolute Gasteiger partial charge is 0.337 e. The molecule has 0 aliphatic rings. The fourth-order valence-electron chi connectivity index (χ4n) is 1.10. The number of amides is 2. The molecule has 100 valence electrons. The van der Waals surface area contributed by atoms with Gasteiger partial charge in [-0.3, -0.25) is 0 Å². The van der Waals surface area contributed by atoms with E-state index in [-0.39, 0.29) is 13.2 Å². The zero-order valence-electron chi connectivity index (χ0n) is 10.1. The second kappa shape index (κ2) is 7.08. The molecule has 0 fully saturated rings. The van der Waals surface area contributed by atoms with E-state index in [1.165, 1.54) is 4.90 Å². The predicted octanol–water partition coefficient (Wildman–Crippen LogP) is -0.764. The minimum Gasteiger partial charge on any atom is -0.479 e. The van der Waals surface area contributed by atoms with Gasteiger partial charge in [0.15, 0.2) is 5.60 Å². The van der Waals surface area contributed by atoms with Crippen LogP contribution in [0.5, 0.6) is 0 Å². The van der Waals surface area contributed by atoms with Crippen molar-refractivity contribution < 1.29 is 24.9 Å². The van der Waals surface area contributed by atoms with E-state index in [1.54, 1.807) is 6.92 Å². The molecule has 0 bridgehead atoms. The van der Waals surface area contributed by atoms with Crippen LogP contribution in [0.15, 0.2) is 0 Å². The van der Waals surface area contributed by atoms with Crippen LogP contribution in [0.4, 0.5) is 4.79 Å². The normalized spacial score (nSPS) is 13.9. The van der Waals surface area contributed by atoms with Crippen molar-refractivity contribution in [3.8, 4) is 0 Å². The third kappa shape index (κ3) is 5.50. The fraction of sp³-hybridized carbons (Fsp3) is 0.800. The molecular formula is C10H20N2O5. The molecule has 0 heterocycles. The molecule has 0 aliphatic heterocycles. The summed E-state index contributed by atoms with van der Waals surface area (Å²) in [5, 5.41) is 29.0. The van der Waals surface area contributed by atoms with E-state index < -0.39 is 17.6 Å². The molecule has 0 saturated carbocycles. The quantitative estimate of drug-likeness (QED) is 0.473. The highest BCUT2D eigenvalue weighted by Gasteiger charge is 2.30. The molecule has 0 saturated heterocycles. The van der Waals surface area contributed by atoms with Crippen LogP contribution in [-0.2, 0) is 4.79 Å². The minimum atomic E-state index is -1.98. The first-order valence-electron chi connectivity index (χ1n) is 5.44. The van der Waals surface area contributed by atoms with E-state index in [0.717, 1.165) is 6.92 Å². The van der Waals surface area contributed by atoms with Crippen molar-refractivity contribution in [2.24, 2.45) is 0 Å². The van der Waals surface area contributed by atoms with Gasteiger partial charge < -0.3 is 25.5 Å². The van der Waals surface area contributed by atoms with Crippen LogP contribution >= 0.6 is 0 Å². The largest absolute Gasteiger partial charge is 0.479 e. The van der Waals surface area contributed by atoms with E-state index in [1.807, 2.05) is 0 Å². The third-order valence-electron chi connectivity index (χ3n) is 2.30. The molecule has 2 amide bonds. The molecule has 1 atom stereocenters. The van der Waals surface area contributed by atoms with Crippen LogP contribution in [-0.4, -0.2) is 64.1 Å². The Balaban J connectivity index is 4.19. The third-order valence-corrected chi connectivity index (χ3v) is 2.30. The highest BCUT2D eigenvalue weighted by molar-refractivity contribution is 5.79. The topological polar surface area (TPSA) is 110 Å². The number of carboxylic acid groups (broad SMARTS) is 1. The van der Waals surface area contributed by atoms with Crippen LogP contribution in [0.2, 0.25) is 0 Å². The first-order valence-corrected chi connectivity index (χ1v) is 5.44. The number of carboxylic acids is 1. The van der Waals surface area contributed by atoms with Crippen molar-refractivity contribution in [1.29, 1.82) is 0 Å². The lowest BCUT2D eigenvalue weighted by molar-refractivity contribution is -0.155. The monoisotopic (exact) mass is 248 g/mol. The van der Waals surface area contributed by atoms with Gasteiger partial charge in [-0.25, -0.2) is 9.59 Å². The molecular weight excluding hydrogens is 228 g/mol. The maximum atomic E-state index is 11.6. The summed E-state index contributed by atoms with van der Waals surface area (Å²) in [4.78, 5) is 23.6. The van der Waals surface area contributed by atoms with Gasteiger partial charge in [0.05, 0.1) is 6.54 Å². The highest BCUT2D eigenvalue weighted by Crippen LogP contribution is 2.01. The summed E-state index contributed by atoms with van der Waals surface area (Å²) in [6.07, 6.45) is 0.455. The van der Waals surface area contributed by atoms with Gasteiger partial charge in [0.1, 0.15) is 0 Å². The summed E-state index contributed by atoms with van der Waals surface area (Å²) in [5.74, 6) is -1.39. The predicted molar refractivity (Wildman–Crippen MR) is 60.6 cm³/mol. The van der Waals surface area contributed by atoms with Crippen LogP contribution in [0.25, 0.3) is 0 Å². The van der Waals surface area contributed by atoms with Crippen LogP contribution in [0.3, 0.4) is 0 Å². The Hall–Kier alpha value is -1.34. The summed E-state index contributed by atoms with van der Waals surface area (Å²) in [6, 6.07) is -0.456. The second-order valence-electron chi connectivity index (χ2n) is 3.89. The number of rotatable bonds is 7. The van der Waals surface area contributed by atoms with Crippen LogP contribution in [0, 0.1) is 0 Å². The first kappa shape index (κ1) is 15.7. The highest BCUT2D eigenvalue weighted by atomic mass is 16.4. The standard InChI is InChI=1S/C10H20N2O5/c1-3-12(5-4-6-13)9(16)11-7-10(2,17)8(14)15/h13,17H,3-7H2,1-2H3,(H,11,16)(H,14,15). The van der Waals surface area contributed by atoms with E-state index in [0.29, 0.717) is 19.5 Å². The van der Waals surface area contributed by atoms with Gasteiger partial charge >= 0.3 is 12.0 Å². The Morgan fingerprint density at radius 2 is 2.00 bits per heavy atom. The van der Waals surface area contributed by atoms with Crippen molar-refractivity contribution in [3.05, 3.63) is 0 Å². The molecule has 0 radical (unpaired) electrons. The number of hydrogen-bond donors (Lipinski definition) is 4. The lowest BCUT2D eigenvalue weighted by Gasteiger charge is -2.24. The molecule has 0 aromatic carbocycles. The number of aliphatic hydroxyl groups is 2. The molecule has 0 spiro atoms. The van der Waals surface area contributed by atoms with Crippen molar-refractivity contribution >= 4 is 12.0 Å². The molecule has 7 heteroatoms. The van der Waals surface area contributed by atoms with Gasteiger partial charge in [-0.2, -0.15) is 0 Å². The number of aliphatic carboxylic acids is 1. The Labute approximate surface area is 100 Å². The maximum Gasteiger partial charge on any atom is 0.337 e. The molecule has 0 aromatic rings. The zero-order valence-corrected chi connectivity index (χ0v) is 10.1. The average Bonchev–Trinajstić information content (AvgIpc) is 2.27. The maximum absolute atomic E-state index is 11.6. The molecule has 0 aromatic heterocycles. The van der Waals surface area contributed by atoms with Crippen LogP contribution < -0.4 is 5.32 Å². The van der Waals surface area contributed by atoms with Gasteiger partial charge in [0, 0.05) is 19.7 Å². The van der Waals surface area contributed by atoms with Gasteiger partial charge in [-0.1, -0.05) is 0 Å². The summed E-state index contributed by atoms with van der Waals surface area (Å²) < 4.78 is 0. The van der Waals surface area contributed by atoms with E-state index in [9.17, 15) is 14.7 Å². The number of carbonyl (C=O) groups is 2. The van der Waals surface area contributed by atoms with E-state index >= 15 is 0 Å². The Morgan fingerprint density at radius 1 is 1.41 bits per heavy atom. The van der Waals surface area contributed by atoms with E-state index in [2.05, 4.69) is 5.32 Å². The van der Waals surface area contributed by atoms with Crippen molar-refractivity contribution in [3.63, 3.8) is 0 Å². The molecule has 0 rings (SSSR count). The summed E-state index contributed by atoms with van der Waals surface area (Å²) in [6.45, 7) is 3.33. The average molecular weight is 248 g/mol. The zero-order chi connectivity index (χ0) is 13.5. The Bertz CT molecular complexity index is 267. The molecule has 1 unspecified atom stereocenters. The van der Waals surface area contributed by atoms with Crippen molar-refractivity contribution in [2.45, 2.75) is 25.9 Å². The lowest BCUT2D eigenvalue weighted by Crippen LogP contribution is -2.50. The number of urea groups is 1. The first-order chi connectivity index (χ1) is 7.85. The Morgan fingerprint density at radius 3 is 2.41 bits per heavy atom. The lowest BCUT2D eigenvalue weighted by atomic mass is 10.1. The van der Waals surface area contributed by atoms with Gasteiger partial charge in [0.2, 0.25) is 0 Å². The second-order valence-corrected chi connectivity index (χ2v) is 3.89. The molecule has 0 aliphatic carbocycles. The van der Waals surface area contributed by atoms with Crippen molar-refractivity contribution in [2.75, 3.05) is 26.2 Å². The van der Waals surface area contributed by atoms with Crippen LogP contribution in [0.1, 0.15) is 20.3 Å². The number of carbonyl (C=O) groups excluding carboxylic acids is 1. The Kier molecular flexibility index (Phi) is 6.52. The number of nitrogens with zero attached hydrogens (tertiary/aromatic N) is 1. The summed E-state index contributed by atoms with van der Waals surface area (Å²) >= 11 is 0. The van der Waals surface area contributed by atoms with E-state index in [4.69, 9.17) is 10.2 Å². The number of hydrogen-bond acceptors (Lipinski definition) is 4. The molecule has 7 nitrogen and oxygen atoms in total. The summed E-state index contributed by atoms with van der Waals surface area (Å²) in [7, 11) is 0. The SMILES string of the molecule is CCN(CCCO)C(=O)NCC(C)(O)C(=O)O. The van der Waals surface area contributed by atoms with Gasteiger partial charge in [0.25, 0.3) is 0 Å². The molecule has 17 heavy (non-hydrogen) atoms. The fourth-order valence-corrected chi connectivity index (χ4v) is 1.10. The molecule has 4 N–H and O–H groups in total.